The normalized spacial score (nSPS) is 21.3. The predicted octanol–water partition coefficient (Wildman–Crippen LogP) is 0.249. The van der Waals surface area contributed by atoms with E-state index in [9.17, 15) is 14.4 Å². The van der Waals surface area contributed by atoms with E-state index >= 15 is 0 Å². The third-order valence-electron chi connectivity index (χ3n) is 4.91. The van der Waals surface area contributed by atoms with Gasteiger partial charge >= 0.3 is 6.09 Å². The molecule has 2 saturated heterocycles. The van der Waals surface area contributed by atoms with Crippen LogP contribution in [0.2, 0.25) is 0 Å². The summed E-state index contributed by atoms with van der Waals surface area (Å²) < 4.78 is 0. The van der Waals surface area contributed by atoms with E-state index in [1.54, 1.807) is 29.2 Å². The molecule has 9 heteroatoms. The van der Waals surface area contributed by atoms with Gasteiger partial charge in [-0.25, -0.2) is 4.79 Å². The number of amides is 3. The summed E-state index contributed by atoms with van der Waals surface area (Å²) in [6.45, 7) is 1.76. The highest BCUT2D eigenvalue weighted by Gasteiger charge is 2.40. The second-order valence-electron chi connectivity index (χ2n) is 6.70. The van der Waals surface area contributed by atoms with Crippen LogP contribution in [0.5, 0.6) is 0 Å². The number of nitrogens with one attached hydrogen (secondary N) is 4. The van der Waals surface area contributed by atoms with E-state index in [0.717, 1.165) is 24.9 Å². The molecule has 0 unspecified atom stereocenters. The van der Waals surface area contributed by atoms with Gasteiger partial charge in [0.1, 0.15) is 11.9 Å². The Kier molecular flexibility index (Phi) is 5.70. The van der Waals surface area contributed by atoms with Gasteiger partial charge in [0, 0.05) is 18.7 Å². The second-order valence-corrected chi connectivity index (χ2v) is 6.70. The first-order chi connectivity index (χ1) is 13.0. The van der Waals surface area contributed by atoms with E-state index in [1.807, 2.05) is 5.32 Å². The minimum absolute atomic E-state index is 0.00713. The summed E-state index contributed by atoms with van der Waals surface area (Å²) in [5.41, 5.74) is 1.26. The molecule has 0 bridgehead atoms. The smallest absolute Gasteiger partial charge is 0.410 e. The van der Waals surface area contributed by atoms with E-state index in [1.165, 1.54) is 0 Å². The van der Waals surface area contributed by atoms with Crippen LogP contribution >= 0.6 is 0 Å². The molecule has 144 valence electrons. The van der Waals surface area contributed by atoms with Gasteiger partial charge in [0.25, 0.3) is 0 Å². The summed E-state index contributed by atoms with van der Waals surface area (Å²) in [4.78, 5) is 37.0. The van der Waals surface area contributed by atoms with Crippen molar-refractivity contribution >= 4 is 23.7 Å². The number of benzene rings is 1. The standard InChI is InChI=1S/C18H23N5O4/c19-15(22-18(26)27)12-5-3-11(4-6-12)10-21-16(24)14-7-9-23(14)17(25)13-2-1-8-20-13/h3-6,13-14,20H,1-2,7-10H2,(H2,19,22)(H,21,24)(H,26,27)/t13-,14+/m1/s1. The van der Waals surface area contributed by atoms with Crippen LogP contribution in [0.1, 0.15) is 30.4 Å². The number of carboxylic acid groups (broad SMARTS) is 1. The number of rotatable bonds is 5. The second kappa shape index (κ2) is 8.17. The number of carbonyl (C=O) groups is 3. The van der Waals surface area contributed by atoms with Crippen LogP contribution in [0.15, 0.2) is 24.3 Å². The molecule has 0 spiro atoms. The van der Waals surface area contributed by atoms with Gasteiger partial charge in [-0.3, -0.25) is 20.3 Å². The van der Waals surface area contributed by atoms with Crippen molar-refractivity contribution in [3.05, 3.63) is 35.4 Å². The molecule has 1 aromatic carbocycles. The largest absolute Gasteiger partial charge is 0.465 e. The number of carbonyl (C=O) groups excluding carboxylic acids is 2. The molecule has 5 N–H and O–H groups in total. The van der Waals surface area contributed by atoms with Gasteiger partial charge in [-0.05, 0) is 31.4 Å². The van der Waals surface area contributed by atoms with Crippen LogP contribution in [0.25, 0.3) is 0 Å². The van der Waals surface area contributed by atoms with Crippen LogP contribution in [0, 0.1) is 5.41 Å². The molecule has 1 aromatic rings. The average molecular weight is 373 g/mol. The monoisotopic (exact) mass is 373 g/mol. The maximum absolute atomic E-state index is 12.4. The van der Waals surface area contributed by atoms with Gasteiger partial charge in [0.2, 0.25) is 11.8 Å². The van der Waals surface area contributed by atoms with E-state index in [0.29, 0.717) is 25.1 Å². The molecule has 9 nitrogen and oxygen atoms in total. The van der Waals surface area contributed by atoms with Crippen LogP contribution in [0.3, 0.4) is 0 Å². The Balaban J connectivity index is 1.49. The quantitative estimate of drug-likeness (QED) is 0.372. The molecular formula is C18H23N5O4. The minimum Gasteiger partial charge on any atom is -0.465 e. The zero-order chi connectivity index (χ0) is 19.4. The van der Waals surface area contributed by atoms with E-state index in [-0.39, 0.29) is 23.7 Å². The summed E-state index contributed by atoms with van der Waals surface area (Å²) in [6.07, 6.45) is 1.18. The van der Waals surface area contributed by atoms with Crippen molar-refractivity contribution in [2.45, 2.75) is 37.9 Å². The lowest BCUT2D eigenvalue weighted by molar-refractivity contribution is -0.148. The number of likely N-dealkylation sites (tertiary alicyclic amines) is 1. The Morgan fingerprint density at radius 2 is 1.96 bits per heavy atom. The number of nitrogens with zero attached hydrogens (tertiary/aromatic N) is 1. The molecule has 2 aliphatic heterocycles. The Bertz CT molecular complexity index is 743. The SMILES string of the molecule is N=C(NC(=O)O)c1ccc(CNC(=O)[C@@H]2CCN2C(=O)[C@H]2CCCN2)cc1. The fourth-order valence-electron chi connectivity index (χ4n) is 3.29. The van der Waals surface area contributed by atoms with Crippen LogP contribution in [0.4, 0.5) is 4.79 Å². The highest BCUT2D eigenvalue weighted by Crippen LogP contribution is 2.21. The highest BCUT2D eigenvalue weighted by molar-refractivity contribution is 6.04. The van der Waals surface area contributed by atoms with Gasteiger partial charge in [0.05, 0.1) is 6.04 Å². The Hall–Kier alpha value is -2.94. The number of hydrogen-bond donors (Lipinski definition) is 5. The first-order valence-electron chi connectivity index (χ1n) is 8.95. The Morgan fingerprint density at radius 3 is 2.52 bits per heavy atom. The molecule has 0 saturated carbocycles. The summed E-state index contributed by atoms with van der Waals surface area (Å²) >= 11 is 0. The number of amidine groups is 1. The molecule has 3 amide bonds. The predicted molar refractivity (Wildman–Crippen MR) is 97.4 cm³/mol. The summed E-state index contributed by atoms with van der Waals surface area (Å²) in [7, 11) is 0. The minimum atomic E-state index is -1.29. The lowest BCUT2D eigenvalue weighted by Crippen LogP contribution is -2.61. The third-order valence-corrected chi connectivity index (χ3v) is 4.91. The summed E-state index contributed by atoms with van der Waals surface area (Å²) in [5.74, 6) is -0.369. The Morgan fingerprint density at radius 1 is 1.22 bits per heavy atom. The highest BCUT2D eigenvalue weighted by atomic mass is 16.4. The fraction of sp³-hybridized carbons (Fsp3) is 0.444. The Labute approximate surface area is 156 Å². The topological polar surface area (TPSA) is 135 Å². The van der Waals surface area contributed by atoms with Crippen molar-refractivity contribution < 1.29 is 19.5 Å². The van der Waals surface area contributed by atoms with Crippen molar-refractivity contribution in [3.63, 3.8) is 0 Å². The molecular weight excluding hydrogens is 350 g/mol. The van der Waals surface area contributed by atoms with Gasteiger partial charge in [-0.15, -0.1) is 0 Å². The van der Waals surface area contributed by atoms with E-state index in [4.69, 9.17) is 10.5 Å². The van der Waals surface area contributed by atoms with Crippen molar-refractivity contribution in [3.8, 4) is 0 Å². The molecule has 0 aliphatic carbocycles. The van der Waals surface area contributed by atoms with Crippen molar-refractivity contribution in [1.29, 1.82) is 5.41 Å². The van der Waals surface area contributed by atoms with E-state index in [2.05, 4.69) is 10.6 Å². The molecule has 2 aliphatic rings. The zero-order valence-corrected chi connectivity index (χ0v) is 14.8. The molecule has 3 rings (SSSR count). The summed E-state index contributed by atoms with van der Waals surface area (Å²) in [6, 6.07) is 6.10. The molecule has 2 fully saturated rings. The molecule has 0 aromatic heterocycles. The molecule has 0 radical (unpaired) electrons. The van der Waals surface area contributed by atoms with Crippen LogP contribution in [-0.2, 0) is 16.1 Å². The van der Waals surface area contributed by atoms with Crippen LogP contribution in [-0.4, -0.2) is 58.9 Å². The van der Waals surface area contributed by atoms with Gasteiger partial charge in [-0.1, -0.05) is 24.3 Å². The molecule has 2 heterocycles. The average Bonchev–Trinajstić information content (AvgIpc) is 3.13. The fourth-order valence-corrected chi connectivity index (χ4v) is 3.29. The first kappa shape index (κ1) is 18.8. The van der Waals surface area contributed by atoms with Gasteiger partial charge < -0.3 is 20.6 Å². The summed E-state index contributed by atoms with van der Waals surface area (Å²) in [5, 5.41) is 24.2. The van der Waals surface area contributed by atoms with Gasteiger partial charge in [-0.2, -0.15) is 0 Å². The van der Waals surface area contributed by atoms with Crippen LogP contribution < -0.4 is 16.0 Å². The maximum atomic E-state index is 12.4. The maximum Gasteiger partial charge on any atom is 0.410 e. The first-order valence-corrected chi connectivity index (χ1v) is 8.95. The lowest BCUT2D eigenvalue weighted by Gasteiger charge is -2.41. The van der Waals surface area contributed by atoms with Crippen molar-refractivity contribution in [1.82, 2.24) is 20.9 Å². The van der Waals surface area contributed by atoms with Gasteiger partial charge in [0.15, 0.2) is 0 Å². The van der Waals surface area contributed by atoms with Crippen molar-refractivity contribution in [2.24, 2.45) is 0 Å². The van der Waals surface area contributed by atoms with E-state index < -0.39 is 12.1 Å². The lowest BCUT2D eigenvalue weighted by atomic mass is 10.00. The van der Waals surface area contributed by atoms with Crippen molar-refractivity contribution in [2.75, 3.05) is 13.1 Å². The molecule has 2 atom stereocenters. The zero-order valence-electron chi connectivity index (χ0n) is 14.8. The number of hydrogen-bond acceptors (Lipinski definition) is 5. The third kappa shape index (κ3) is 4.43. The molecule has 27 heavy (non-hydrogen) atoms.